The third-order valence-corrected chi connectivity index (χ3v) is 4.78. The highest BCUT2D eigenvalue weighted by molar-refractivity contribution is 5.83. The van der Waals surface area contributed by atoms with Crippen molar-refractivity contribution < 1.29 is 0 Å². The Labute approximate surface area is 120 Å². The monoisotopic (exact) mass is 266 g/mol. The van der Waals surface area contributed by atoms with Gasteiger partial charge in [0.1, 0.15) is 0 Å². The number of fused-ring (bicyclic) bond motifs is 1. The fourth-order valence-corrected chi connectivity index (χ4v) is 3.48. The Bertz CT molecular complexity index is 601. The molecule has 0 amide bonds. The Hall–Kier alpha value is -1.38. The maximum Gasteiger partial charge on any atom is 0.0145 e. The molecule has 0 spiro atoms. The molecule has 2 N–H and O–H groups in total. The molecule has 2 aromatic carbocycles. The first kappa shape index (κ1) is 12.4. The third-order valence-electron chi connectivity index (χ3n) is 4.78. The number of benzene rings is 2. The summed E-state index contributed by atoms with van der Waals surface area (Å²) in [5.74, 6) is 0.731. The zero-order valence-electron chi connectivity index (χ0n) is 11.8. The van der Waals surface area contributed by atoms with E-state index in [4.69, 9.17) is 0 Å². The fourth-order valence-electron chi connectivity index (χ4n) is 3.48. The number of piperidine rings is 1. The predicted octanol–water partition coefficient (Wildman–Crippen LogP) is 3.04. The highest BCUT2D eigenvalue weighted by atomic mass is 15.0. The first-order valence-electron chi connectivity index (χ1n) is 7.85. The Morgan fingerprint density at radius 3 is 2.60 bits per heavy atom. The Kier molecular flexibility index (Phi) is 3.21. The van der Waals surface area contributed by atoms with Crippen LogP contribution in [-0.2, 0) is 0 Å². The molecule has 2 heteroatoms. The maximum absolute atomic E-state index is 3.85. The summed E-state index contributed by atoms with van der Waals surface area (Å²) in [7, 11) is 0. The minimum Gasteiger partial charge on any atom is -0.317 e. The van der Waals surface area contributed by atoms with Gasteiger partial charge in [0, 0.05) is 18.0 Å². The van der Waals surface area contributed by atoms with Crippen molar-refractivity contribution in [2.24, 2.45) is 0 Å². The maximum atomic E-state index is 3.85. The predicted molar refractivity (Wildman–Crippen MR) is 84.1 cm³/mol. The molecule has 104 valence electrons. The minimum atomic E-state index is 0.708. The molecule has 2 aliphatic rings. The molecule has 2 atom stereocenters. The van der Waals surface area contributed by atoms with Crippen LogP contribution in [0, 0.1) is 0 Å². The van der Waals surface area contributed by atoms with Crippen LogP contribution in [0.2, 0.25) is 0 Å². The summed E-state index contributed by atoms with van der Waals surface area (Å²) < 4.78 is 0. The van der Waals surface area contributed by atoms with Crippen LogP contribution < -0.4 is 10.6 Å². The first-order valence-corrected chi connectivity index (χ1v) is 7.85. The number of hydrogen-bond donors (Lipinski definition) is 2. The summed E-state index contributed by atoms with van der Waals surface area (Å²) in [6.45, 7) is 2.34. The first-order chi connectivity index (χ1) is 9.90. The highest BCUT2D eigenvalue weighted by Crippen LogP contribution is 2.42. The molecule has 1 heterocycles. The van der Waals surface area contributed by atoms with Crippen LogP contribution in [0.4, 0.5) is 0 Å². The molecule has 0 bridgehead atoms. The molecule has 1 aliphatic heterocycles. The van der Waals surface area contributed by atoms with E-state index in [-0.39, 0.29) is 0 Å². The molecule has 2 fully saturated rings. The van der Waals surface area contributed by atoms with Gasteiger partial charge < -0.3 is 10.6 Å². The van der Waals surface area contributed by atoms with E-state index in [0.29, 0.717) is 6.04 Å². The van der Waals surface area contributed by atoms with Crippen LogP contribution in [0.1, 0.15) is 30.7 Å². The smallest absolute Gasteiger partial charge is 0.0145 e. The minimum absolute atomic E-state index is 0.708. The lowest BCUT2D eigenvalue weighted by Gasteiger charge is -2.24. The second-order valence-corrected chi connectivity index (χ2v) is 6.25. The van der Waals surface area contributed by atoms with Crippen LogP contribution in [0.3, 0.4) is 0 Å². The second kappa shape index (κ2) is 5.19. The Morgan fingerprint density at radius 1 is 0.950 bits per heavy atom. The van der Waals surface area contributed by atoms with E-state index in [1.54, 1.807) is 0 Å². The Morgan fingerprint density at radius 2 is 1.75 bits per heavy atom. The molecule has 0 aromatic heterocycles. The average molecular weight is 266 g/mol. The lowest BCUT2D eigenvalue weighted by molar-refractivity contribution is 0.383. The molecule has 20 heavy (non-hydrogen) atoms. The SMILES string of the molecule is c1ccc2cc([C@@H]3C[C@H]3NC3CCNCC3)ccc2c1. The fraction of sp³-hybridized carbons (Fsp3) is 0.444. The lowest BCUT2D eigenvalue weighted by atomic mass is 10.0. The van der Waals surface area contributed by atoms with Gasteiger partial charge in [0.05, 0.1) is 0 Å². The van der Waals surface area contributed by atoms with E-state index < -0.39 is 0 Å². The van der Waals surface area contributed by atoms with Gasteiger partial charge in [-0.15, -0.1) is 0 Å². The van der Waals surface area contributed by atoms with Crippen molar-refractivity contribution in [3.8, 4) is 0 Å². The van der Waals surface area contributed by atoms with Crippen molar-refractivity contribution in [1.29, 1.82) is 0 Å². The normalized spacial score (nSPS) is 26.8. The summed E-state index contributed by atoms with van der Waals surface area (Å²) in [5, 5.41) is 10.0. The van der Waals surface area contributed by atoms with Crippen LogP contribution in [0.15, 0.2) is 42.5 Å². The number of hydrogen-bond acceptors (Lipinski definition) is 2. The van der Waals surface area contributed by atoms with Crippen LogP contribution in [-0.4, -0.2) is 25.2 Å². The van der Waals surface area contributed by atoms with E-state index in [9.17, 15) is 0 Å². The average Bonchev–Trinajstić information content (AvgIpc) is 3.27. The standard InChI is InChI=1S/C18H22N2/c1-2-4-14-11-15(6-5-13(14)3-1)17-12-18(17)20-16-7-9-19-10-8-16/h1-6,11,16-20H,7-10,12H2/t17-,18+/m0/s1. The van der Waals surface area contributed by atoms with Gasteiger partial charge in [-0.2, -0.15) is 0 Å². The largest absolute Gasteiger partial charge is 0.317 e. The molecule has 4 rings (SSSR count). The van der Waals surface area contributed by atoms with Crippen LogP contribution >= 0.6 is 0 Å². The van der Waals surface area contributed by atoms with Gasteiger partial charge in [0.15, 0.2) is 0 Å². The molecule has 0 radical (unpaired) electrons. The molecule has 2 aromatic rings. The van der Waals surface area contributed by atoms with Gasteiger partial charge in [-0.3, -0.25) is 0 Å². The number of rotatable bonds is 3. The quantitative estimate of drug-likeness (QED) is 0.892. The molecular weight excluding hydrogens is 244 g/mol. The summed E-state index contributed by atoms with van der Waals surface area (Å²) >= 11 is 0. The van der Waals surface area contributed by atoms with Crippen molar-refractivity contribution in [2.75, 3.05) is 13.1 Å². The van der Waals surface area contributed by atoms with Crippen molar-refractivity contribution in [3.05, 3.63) is 48.0 Å². The van der Waals surface area contributed by atoms with Crippen molar-refractivity contribution in [2.45, 2.75) is 37.3 Å². The van der Waals surface area contributed by atoms with E-state index >= 15 is 0 Å². The number of nitrogens with one attached hydrogen (secondary N) is 2. The topological polar surface area (TPSA) is 24.1 Å². The van der Waals surface area contributed by atoms with Gasteiger partial charge in [0.25, 0.3) is 0 Å². The van der Waals surface area contributed by atoms with E-state index in [2.05, 4.69) is 53.1 Å². The van der Waals surface area contributed by atoms with Crippen molar-refractivity contribution in [3.63, 3.8) is 0 Å². The second-order valence-electron chi connectivity index (χ2n) is 6.25. The van der Waals surface area contributed by atoms with Gasteiger partial charge in [0.2, 0.25) is 0 Å². The molecular formula is C18H22N2. The molecule has 2 nitrogen and oxygen atoms in total. The van der Waals surface area contributed by atoms with Crippen LogP contribution in [0.5, 0.6) is 0 Å². The van der Waals surface area contributed by atoms with Gasteiger partial charge >= 0.3 is 0 Å². The third kappa shape index (κ3) is 2.46. The molecule has 1 aliphatic carbocycles. The van der Waals surface area contributed by atoms with Gasteiger partial charge in [-0.25, -0.2) is 0 Å². The zero-order valence-corrected chi connectivity index (χ0v) is 11.8. The highest BCUT2D eigenvalue weighted by Gasteiger charge is 2.39. The van der Waals surface area contributed by atoms with Crippen molar-refractivity contribution in [1.82, 2.24) is 10.6 Å². The summed E-state index contributed by atoms with van der Waals surface area (Å²) in [6.07, 6.45) is 3.87. The molecule has 0 unspecified atom stereocenters. The summed E-state index contributed by atoms with van der Waals surface area (Å²) in [6, 6.07) is 17.1. The van der Waals surface area contributed by atoms with E-state index in [1.807, 2.05) is 0 Å². The summed E-state index contributed by atoms with van der Waals surface area (Å²) in [4.78, 5) is 0. The Balaban J connectivity index is 1.45. The van der Waals surface area contributed by atoms with Gasteiger partial charge in [-0.1, -0.05) is 42.5 Å². The van der Waals surface area contributed by atoms with E-state index in [0.717, 1.165) is 12.0 Å². The summed E-state index contributed by atoms with van der Waals surface area (Å²) in [5.41, 5.74) is 1.51. The van der Waals surface area contributed by atoms with Gasteiger partial charge in [-0.05, 0) is 48.7 Å². The molecule has 1 saturated carbocycles. The lowest BCUT2D eigenvalue weighted by Crippen LogP contribution is -2.41. The van der Waals surface area contributed by atoms with E-state index in [1.165, 1.54) is 48.7 Å². The zero-order chi connectivity index (χ0) is 13.4. The molecule has 1 saturated heterocycles. The van der Waals surface area contributed by atoms with Crippen molar-refractivity contribution >= 4 is 10.8 Å². The van der Waals surface area contributed by atoms with Crippen LogP contribution in [0.25, 0.3) is 10.8 Å².